The van der Waals surface area contributed by atoms with Crippen LogP contribution in [0.5, 0.6) is 0 Å². The van der Waals surface area contributed by atoms with Gasteiger partial charge in [0.2, 0.25) is 0 Å². The summed E-state index contributed by atoms with van der Waals surface area (Å²) >= 11 is 0. The van der Waals surface area contributed by atoms with Gasteiger partial charge in [-0.15, -0.1) is 0 Å². The molecule has 0 bridgehead atoms. The van der Waals surface area contributed by atoms with Crippen LogP contribution in [0.3, 0.4) is 0 Å². The molecule has 0 aliphatic rings. The molecule has 8 heteroatoms. The Morgan fingerprint density at radius 1 is 1.29 bits per heavy atom. The van der Waals surface area contributed by atoms with E-state index in [-0.39, 0.29) is 36.2 Å². The molecule has 0 radical (unpaired) electrons. The van der Waals surface area contributed by atoms with Gasteiger partial charge in [-0.2, -0.15) is 0 Å². The fourth-order valence-electron chi connectivity index (χ4n) is 0.328. The summed E-state index contributed by atoms with van der Waals surface area (Å²) < 4.78 is 14.1. The average Bonchev–Trinajstić information content (AvgIpc) is 2.03. The molecule has 0 unspecified atom stereocenters. The summed E-state index contributed by atoms with van der Waals surface area (Å²) in [5, 5.41) is 0. The molecular formula is C6H20N2NaO4P. The third-order valence-electron chi connectivity index (χ3n) is 0.924. The molecule has 0 atom stereocenters. The minimum absolute atomic E-state index is 0. The molecule has 84 valence electrons. The van der Waals surface area contributed by atoms with Crippen LogP contribution >= 0.6 is 7.82 Å². The number of unbranched alkanes of at least 4 members (excludes halogenated alkanes) is 1. The van der Waals surface area contributed by atoms with Gasteiger partial charge in [0.05, 0.1) is 6.61 Å². The monoisotopic (exact) mass is 238 g/mol. The SMILES string of the molecule is CCCCOP(=O)(O)O.NCCN.[NaH]. The van der Waals surface area contributed by atoms with Gasteiger partial charge in [0.15, 0.2) is 0 Å². The first kappa shape index (κ1) is 20.4. The van der Waals surface area contributed by atoms with Crippen molar-refractivity contribution >= 4 is 37.4 Å². The van der Waals surface area contributed by atoms with Crippen molar-refractivity contribution in [3.05, 3.63) is 0 Å². The zero-order valence-electron chi connectivity index (χ0n) is 7.85. The number of phosphoric acid groups is 1. The Hall–Kier alpha value is 1.03. The second-order valence-electron chi connectivity index (χ2n) is 2.25. The molecule has 0 aromatic carbocycles. The topological polar surface area (TPSA) is 119 Å². The molecule has 0 aliphatic carbocycles. The molecule has 0 aromatic heterocycles. The van der Waals surface area contributed by atoms with E-state index in [1.54, 1.807) is 0 Å². The Morgan fingerprint density at radius 2 is 1.71 bits per heavy atom. The number of phosphoric ester groups is 1. The second-order valence-corrected chi connectivity index (χ2v) is 3.49. The molecule has 6 nitrogen and oxygen atoms in total. The van der Waals surface area contributed by atoms with Gasteiger partial charge in [0, 0.05) is 13.1 Å². The summed E-state index contributed by atoms with van der Waals surface area (Å²) in [5.41, 5.74) is 9.81. The van der Waals surface area contributed by atoms with E-state index in [1.807, 2.05) is 6.92 Å². The van der Waals surface area contributed by atoms with Gasteiger partial charge >= 0.3 is 37.4 Å². The fraction of sp³-hybridized carbons (Fsp3) is 1.00. The molecule has 0 fully saturated rings. The molecule has 0 saturated heterocycles. The number of nitrogens with two attached hydrogens (primary N) is 2. The fourth-order valence-corrected chi connectivity index (χ4v) is 0.695. The molecule has 6 N–H and O–H groups in total. The van der Waals surface area contributed by atoms with Crippen LogP contribution < -0.4 is 11.5 Å². The number of rotatable bonds is 5. The predicted molar refractivity (Wildman–Crippen MR) is 58.2 cm³/mol. The summed E-state index contributed by atoms with van der Waals surface area (Å²) in [7, 11) is -4.20. The molecular weight excluding hydrogens is 218 g/mol. The van der Waals surface area contributed by atoms with Crippen molar-refractivity contribution in [2.45, 2.75) is 19.8 Å². The van der Waals surface area contributed by atoms with Crippen molar-refractivity contribution in [2.24, 2.45) is 11.5 Å². The molecule has 0 aromatic rings. The Kier molecular flexibility index (Phi) is 20.5. The number of hydrogen-bond donors (Lipinski definition) is 4. The van der Waals surface area contributed by atoms with E-state index in [4.69, 9.17) is 21.3 Å². The van der Waals surface area contributed by atoms with Crippen molar-refractivity contribution in [3.63, 3.8) is 0 Å². The van der Waals surface area contributed by atoms with Crippen LogP contribution in [0.4, 0.5) is 0 Å². The van der Waals surface area contributed by atoms with E-state index in [0.717, 1.165) is 6.42 Å². The van der Waals surface area contributed by atoms with Crippen LogP contribution in [0.1, 0.15) is 19.8 Å². The van der Waals surface area contributed by atoms with Crippen LogP contribution in [-0.2, 0) is 9.09 Å². The van der Waals surface area contributed by atoms with Gasteiger partial charge in [0.25, 0.3) is 0 Å². The molecule has 0 heterocycles. The summed E-state index contributed by atoms with van der Waals surface area (Å²) in [4.78, 5) is 16.3. The maximum atomic E-state index is 9.98. The second kappa shape index (κ2) is 14.0. The normalized spacial score (nSPS) is 9.79. The van der Waals surface area contributed by atoms with Crippen molar-refractivity contribution in [1.29, 1.82) is 0 Å². The van der Waals surface area contributed by atoms with Crippen LogP contribution in [0.2, 0.25) is 0 Å². The summed E-state index contributed by atoms with van der Waals surface area (Å²) in [5.74, 6) is 0. The minimum atomic E-state index is -4.20. The van der Waals surface area contributed by atoms with Crippen molar-refractivity contribution in [1.82, 2.24) is 0 Å². The van der Waals surface area contributed by atoms with Gasteiger partial charge in [-0.25, -0.2) is 4.57 Å². The summed E-state index contributed by atoms with van der Waals surface area (Å²) in [6.45, 7) is 3.25. The van der Waals surface area contributed by atoms with E-state index in [9.17, 15) is 4.57 Å². The van der Waals surface area contributed by atoms with E-state index >= 15 is 0 Å². The molecule has 0 amide bonds. The molecule has 0 spiro atoms. The molecule has 0 rings (SSSR count). The Morgan fingerprint density at radius 3 is 1.93 bits per heavy atom. The quantitative estimate of drug-likeness (QED) is 0.281. The van der Waals surface area contributed by atoms with E-state index in [2.05, 4.69) is 4.52 Å². The van der Waals surface area contributed by atoms with Gasteiger partial charge in [-0.1, -0.05) is 13.3 Å². The Labute approximate surface area is 107 Å². The first-order valence-electron chi connectivity index (χ1n) is 4.08. The van der Waals surface area contributed by atoms with Gasteiger partial charge in [-0.05, 0) is 6.42 Å². The van der Waals surface area contributed by atoms with Crippen LogP contribution in [0.15, 0.2) is 0 Å². The van der Waals surface area contributed by atoms with Crippen LogP contribution in [0, 0.1) is 0 Å². The molecule has 0 saturated carbocycles. The first-order chi connectivity index (χ1) is 5.97. The van der Waals surface area contributed by atoms with Gasteiger partial charge in [0.1, 0.15) is 0 Å². The third-order valence-corrected chi connectivity index (χ3v) is 1.44. The van der Waals surface area contributed by atoms with Crippen molar-refractivity contribution < 1.29 is 18.9 Å². The Balaban J connectivity index is -0.000000209. The van der Waals surface area contributed by atoms with Gasteiger partial charge < -0.3 is 21.3 Å². The summed E-state index contributed by atoms with van der Waals surface area (Å²) in [6.07, 6.45) is 1.56. The van der Waals surface area contributed by atoms with E-state index in [0.29, 0.717) is 19.5 Å². The first-order valence-corrected chi connectivity index (χ1v) is 5.61. The molecule has 0 aliphatic heterocycles. The average molecular weight is 238 g/mol. The van der Waals surface area contributed by atoms with E-state index in [1.165, 1.54) is 0 Å². The van der Waals surface area contributed by atoms with Crippen LogP contribution in [-0.4, -0.2) is 59.0 Å². The molecule has 14 heavy (non-hydrogen) atoms. The van der Waals surface area contributed by atoms with Crippen molar-refractivity contribution in [3.8, 4) is 0 Å². The van der Waals surface area contributed by atoms with Crippen LogP contribution in [0.25, 0.3) is 0 Å². The summed E-state index contributed by atoms with van der Waals surface area (Å²) in [6, 6.07) is 0. The van der Waals surface area contributed by atoms with Gasteiger partial charge in [-0.3, -0.25) is 4.52 Å². The third kappa shape index (κ3) is 29.2. The maximum absolute atomic E-state index is 9.98. The van der Waals surface area contributed by atoms with E-state index < -0.39 is 7.82 Å². The Bertz CT molecular complexity index is 142. The zero-order chi connectivity index (χ0) is 10.7. The standard InChI is InChI=1S/C4H11O4P.C2H8N2.Na.H/c1-2-3-4-8-9(5,6)7;3-1-2-4;;/h2-4H2,1H3,(H2,5,6,7);1-4H2;;. The zero-order valence-corrected chi connectivity index (χ0v) is 8.74. The predicted octanol–water partition coefficient (Wildman–Crippen LogP) is -0.849. The van der Waals surface area contributed by atoms with Crippen molar-refractivity contribution in [2.75, 3.05) is 19.7 Å². The number of hydrogen-bond acceptors (Lipinski definition) is 4.